The van der Waals surface area contributed by atoms with Gasteiger partial charge >= 0.3 is 17.9 Å². The standard InChI is InChI=1S/C59H92O6/c1-4-7-10-13-16-19-22-25-27-29-30-32-34-37-40-43-46-49-52-58(61)64-55-56(54-63-57(60)51-48-45-42-39-36-33-24-21-18-15-12-9-6-3)65-59(62)53-50-47-44-41-38-35-31-28-26-23-20-17-14-11-8-5-2/h8-9,11-12,15,17-18,20-21,24,26-30,32-33,35-36,38,44,47,56H,4-7,10,13-14,16,19,22-23,25,31,34,37,39-43,45-46,48-55H2,1-3H3/b11-8+,12-9+,18-15+,20-17+,24-21+,28-26+,29-27+,32-30+,36-33+,38-35+,47-44+. The molecule has 0 aromatic rings. The monoisotopic (exact) mass is 897 g/mol. The highest BCUT2D eigenvalue weighted by molar-refractivity contribution is 5.71. The van der Waals surface area contributed by atoms with Crippen molar-refractivity contribution in [2.24, 2.45) is 0 Å². The third-order valence-electron chi connectivity index (χ3n) is 10.3. The van der Waals surface area contributed by atoms with Crippen molar-refractivity contribution in [1.29, 1.82) is 0 Å². The molecule has 0 amide bonds. The molecule has 0 aliphatic rings. The summed E-state index contributed by atoms with van der Waals surface area (Å²) in [5.74, 6) is -1.08. The molecular weight excluding hydrogens is 805 g/mol. The van der Waals surface area contributed by atoms with Crippen LogP contribution < -0.4 is 0 Å². The van der Waals surface area contributed by atoms with Gasteiger partial charge in [0.1, 0.15) is 13.2 Å². The average Bonchev–Trinajstić information content (AvgIpc) is 3.30. The van der Waals surface area contributed by atoms with E-state index in [-0.39, 0.29) is 38.0 Å². The third-order valence-corrected chi connectivity index (χ3v) is 10.3. The SMILES string of the molecule is CC/C=C/C=C/C=C/C=C/CCCCCC(=O)OCC(COC(=O)CCCCCCC/C=C/C=C/CCCCCCCCC)OC(=O)CC/C=C/C/C=C/C/C=C/C/C=C/C/C=C/CC. The summed E-state index contributed by atoms with van der Waals surface area (Å²) in [6.07, 6.45) is 73.1. The van der Waals surface area contributed by atoms with Crippen LogP contribution in [-0.2, 0) is 28.6 Å². The van der Waals surface area contributed by atoms with Crippen molar-refractivity contribution in [3.63, 3.8) is 0 Å². The summed E-state index contributed by atoms with van der Waals surface area (Å²) in [5.41, 5.74) is 0. The van der Waals surface area contributed by atoms with E-state index >= 15 is 0 Å². The molecule has 0 aromatic carbocycles. The van der Waals surface area contributed by atoms with Crippen LogP contribution >= 0.6 is 0 Å². The lowest BCUT2D eigenvalue weighted by molar-refractivity contribution is -0.166. The maximum absolute atomic E-state index is 12.8. The van der Waals surface area contributed by atoms with E-state index in [0.29, 0.717) is 12.8 Å². The normalized spacial score (nSPS) is 13.2. The van der Waals surface area contributed by atoms with Crippen molar-refractivity contribution in [2.45, 2.75) is 207 Å². The van der Waals surface area contributed by atoms with Gasteiger partial charge in [0, 0.05) is 19.3 Å². The Bertz CT molecular complexity index is 1450. The Balaban J connectivity index is 4.59. The number of carbonyl (C=O) groups is 3. The second-order valence-corrected chi connectivity index (χ2v) is 16.4. The van der Waals surface area contributed by atoms with Crippen LogP contribution in [-0.4, -0.2) is 37.2 Å². The molecule has 6 heteroatoms. The van der Waals surface area contributed by atoms with Gasteiger partial charge in [-0.25, -0.2) is 0 Å². The van der Waals surface area contributed by atoms with E-state index < -0.39 is 12.1 Å². The number of esters is 3. The molecule has 6 nitrogen and oxygen atoms in total. The molecule has 0 N–H and O–H groups in total. The predicted molar refractivity (Wildman–Crippen MR) is 279 cm³/mol. The number of hydrogen-bond donors (Lipinski definition) is 0. The van der Waals surface area contributed by atoms with Crippen molar-refractivity contribution >= 4 is 17.9 Å². The van der Waals surface area contributed by atoms with E-state index in [1.165, 1.54) is 51.4 Å². The molecule has 0 rings (SSSR count). The minimum Gasteiger partial charge on any atom is -0.462 e. The highest BCUT2D eigenvalue weighted by Crippen LogP contribution is 2.12. The molecule has 0 spiro atoms. The van der Waals surface area contributed by atoms with Gasteiger partial charge in [-0.1, -0.05) is 219 Å². The van der Waals surface area contributed by atoms with E-state index in [2.05, 4.69) is 106 Å². The molecule has 0 aliphatic heterocycles. The van der Waals surface area contributed by atoms with E-state index in [0.717, 1.165) is 103 Å². The smallest absolute Gasteiger partial charge is 0.306 e. The number of allylic oxidation sites excluding steroid dienone is 22. The fourth-order valence-electron chi connectivity index (χ4n) is 6.43. The van der Waals surface area contributed by atoms with Gasteiger partial charge in [0.2, 0.25) is 0 Å². The molecule has 0 aromatic heterocycles. The maximum atomic E-state index is 12.8. The topological polar surface area (TPSA) is 78.9 Å². The van der Waals surface area contributed by atoms with Crippen molar-refractivity contribution in [3.05, 3.63) is 134 Å². The van der Waals surface area contributed by atoms with Gasteiger partial charge in [-0.2, -0.15) is 0 Å². The third kappa shape index (κ3) is 50.4. The zero-order valence-electron chi connectivity index (χ0n) is 41.4. The Hall–Kier alpha value is -4.45. The Morgan fingerprint density at radius 1 is 0.338 bits per heavy atom. The second-order valence-electron chi connectivity index (χ2n) is 16.4. The van der Waals surface area contributed by atoms with Gasteiger partial charge < -0.3 is 14.2 Å². The van der Waals surface area contributed by atoms with Crippen LogP contribution in [0.4, 0.5) is 0 Å². The number of ether oxygens (including phenoxy) is 3. The molecule has 364 valence electrons. The van der Waals surface area contributed by atoms with Crippen molar-refractivity contribution in [1.82, 2.24) is 0 Å². The van der Waals surface area contributed by atoms with Gasteiger partial charge in [-0.3, -0.25) is 14.4 Å². The summed E-state index contributed by atoms with van der Waals surface area (Å²) < 4.78 is 16.7. The number of hydrogen-bond acceptors (Lipinski definition) is 6. The molecule has 0 aliphatic carbocycles. The van der Waals surface area contributed by atoms with E-state index in [1.54, 1.807) is 0 Å². The van der Waals surface area contributed by atoms with Crippen LogP contribution in [0.15, 0.2) is 134 Å². The summed E-state index contributed by atoms with van der Waals surface area (Å²) in [6.45, 7) is 6.24. The summed E-state index contributed by atoms with van der Waals surface area (Å²) in [5, 5.41) is 0. The lowest BCUT2D eigenvalue weighted by Crippen LogP contribution is -2.30. The minimum atomic E-state index is -0.845. The Morgan fingerprint density at radius 2 is 0.708 bits per heavy atom. The number of carbonyl (C=O) groups excluding carboxylic acids is 3. The quantitative estimate of drug-likeness (QED) is 0.0199. The first-order valence-corrected chi connectivity index (χ1v) is 25.8. The Labute approximate surface area is 398 Å². The Kier molecular flexibility index (Phi) is 48.6. The molecule has 0 heterocycles. The van der Waals surface area contributed by atoms with Crippen molar-refractivity contribution < 1.29 is 28.6 Å². The molecule has 0 fully saturated rings. The van der Waals surface area contributed by atoms with Crippen molar-refractivity contribution in [3.8, 4) is 0 Å². The molecular formula is C59H92O6. The van der Waals surface area contributed by atoms with E-state index in [9.17, 15) is 14.4 Å². The number of rotatable bonds is 44. The largest absolute Gasteiger partial charge is 0.462 e. The van der Waals surface area contributed by atoms with Crippen LogP contribution in [0, 0.1) is 0 Å². The molecule has 0 radical (unpaired) electrons. The highest BCUT2D eigenvalue weighted by Gasteiger charge is 2.19. The zero-order chi connectivity index (χ0) is 47.2. The van der Waals surface area contributed by atoms with Crippen LogP contribution in [0.5, 0.6) is 0 Å². The van der Waals surface area contributed by atoms with Gasteiger partial charge in [0.05, 0.1) is 0 Å². The predicted octanol–water partition coefficient (Wildman–Crippen LogP) is 17.1. The number of unbranched alkanes of at least 4 members (excludes halogenated alkanes) is 15. The lowest BCUT2D eigenvalue weighted by atomic mass is 10.1. The zero-order valence-corrected chi connectivity index (χ0v) is 41.4. The fourth-order valence-corrected chi connectivity index (χ4v) is 6.43. The summed E-state index contributed by atoms with van der Waals surface area (Å²) >= 11 is 0. The summed E-state index contributed by atoms with van der Waals surface area (Å²) in [7, 11) is 0. The fraction of sp³-hybridized carbons (Fsp3) is 0.576. The molecule has 1 unspecified atom stereocenters. The Morgan fingerprint density at radius 3 is 1.18 bits per heavy atom. The first kappa shape index (κ1) is 60.5. The highest BCUT2D eigenvalue weighted by atomic mass is 16.6. The van der Waals surface area contributed by atoms with Gasteiger partial charge in [0.15, 0.2) is 6.10 Å². The first-order valence-electron chi connectivity index (χ1n) is 25.8. The molecule has 0 saturated heterocycles. The van der Waals surface area contributed by atoms with Gasteiger partial charge in [0.25, 0.3) is 0 Å². The first-order chi connectivity index (χ1) is 32.0. The van der Waals surface area contributed by atoms with Crippen molar-refractivity contribution in [2.75, 3.05) is 13.2 Å². The molecule has 1 atom stereocenters. The summed E-state index contributed by atoms with van der Waals surface area (Å²) in [4.78, 5) is 37.9. The average molecular weight is 897 g/mol. The second kappa shape index (κ2) is 52.2. The summed E-state index contributed by atoms with van der Waals surface area (Å²) in [6, 6.07) is 0. The maximum Gasteiger partial charge on any atom is 0.306 e. The molecule has 0 bridgehead atoms. The van der Waals surface area contributed by atoms with Gasteiger partial charge in [-0.05, 0) is 96.3 Å². The van der Waals surface area contributed by atoms with E-state index in [4.69, 9.17) is 14.2 Å². The van der Waals surface area contributed by atoms with Crippen LogP contribution in [0.25, 0.3) is 0 Å². The minimum absolute atomic E-state index is 0.134. The van der Waals surface area contributed by atoms with Gasteiger partial charge in [-0.15, -0.1) is 0 Å². The van der Waals surface area contributed by atoms with Crippen LogP contribution in [0.3, 0.4) is 0 Å². The van der Waals surface area contributed by atoms with E-state index in [1.807, 2.05) is 48.6 Å². The molecule has 0 saturated carbocycles. The molecule has 65 heavy (non-hydrogen) atoms. The van der Waals surface area contributed by atoms with Crippen LogP contribution in [0.1, 0.15) is 201 Å². The lowest BCUT2D eigenvalue weighted by Gasteiger charge is -2.18. The van der Waals surface area contributed by atoms with Crippen LogP contribution in [0.2, 0.25) is 0 Å².